The Morgan fingerprint density at radius 2 is 2.09 bits per heavy atom. The van der Waals surface area contributed by atoms with E-state index < -0.39 is 31.2 Å². The summed E-state index contributed by atoms with van der Waals surface area (Å²) in [6, 6.07) is 0. The molecule has 4 N–H and O–H groups in total. The van der Waals surface area contributed by atoms with E-state index in [1.807, 2.05) is 0 Å². The monoisotopic (exact) mass is 165 g/mol. The number of aliphatic hydroxyl groups excluding tert-OH is 3. The van der Waals surface area contributed by atoms with Gasteiger partial charge in [0, 0.05) is 0 Å². The highest BCUT2D eigenvalue weighted by molar-refractivity contribution is 4.95. The summed E-state index contributed by atoms with van der Waals surface area (Å²) in [6.07, 6.45) is -4.09. The summed E-state index contributed by atoms with van der Waals surface area (Å²) in [6.45, 7) is -0.453. The van der Waals surface area contributed by atoms with Crippen LogP contribution in [0.1, 0.15) is 0 Å². The summed E-state index contributed by atoms with van der Waals surface area (Å²) in [4.78, 5) is 3.60. The average molecular weight is 165 g/mol. The maximum Gasteiger partial charge on any atom is 0.290 e. The van der Waals surface area contributed by atoms with E-state index >= 15 is 0 Å². The Bertz CT molecular complexity index is 110. The van der Waals surface area contributed by atoms with Gasteiger partial charge >= 0.3 is 0 Å². The van der Waals surface area contributed by atoms with Crippen LogP contribution in [0.3, 0.4) is 0 Å². The molecule has 1 radical (unpaired) electrons. The van der Waals surface area contributed by atoms with Gasteiger partial charge in [0.2, 0.25) is 0 Å². The molecule has 0 spiro atoms. The fourth-order valence-electron chi connectivity index (χ4n) is 0.852. The van der Waals surface area contributed by atoms with Crippen LogP contribution >= 0.6 is 0 Å². The highest BCUT2D eigenvalue weighted by Gasteiger charge is 2.45. The molecule has 1 fully saturated rings. The summed E-state index contributed by atoms with van der Waals surface area (Å²) >= 11 is 0. The average Bonchev–Trinajstić information content (AvgIpc) is 2.30. The Hall–Kier alpha value is -0.240. The fourth-order valence-corrected chi connectivity index (χ4v) is 0.852. The number of aliphatic hydroxyl groups is 3. The van der Waals surface area contributed by atoms with Crippen molar-refractivity contribution < 1.29 is 30.2 Å². The van der Waals surface area contributed by atoms with Crippen LogP contribution in [-0.4, -0.2) is 45.5 Å². The summed E-state index contributed by atoms with van der Waals surface area (Å²) in [5, 5.41) is 34.5. The second-order valence-corrected chi connectivity index (χ2v) is 2.18. The van der Waals surface area contributed by atoms with Crippen molar-refractivity contribution in [1.82, 2.24) is 0 Å². The molecule has 1 aliphatic rings. The van der Waals surface area contributed by atoms with Crippen LogP contribution in [0.5, 0.6) is 0 Å². The lowest BCUT2D eigenvalue weighted by atomic mass is 10.1. The molecular weight excluding hydrogens is 156 g/mol. The van der Waals surface area contributed by atoms with Crippen molar-refractivity contribution in [1.29, 1.82) is 0 Å². The molecule has 11 heavy (non-hydrogen) atoms. The van der Waals surface area contributed by atoms with Crippen LogP contribution in [0.25, 0.3) is 0 Å². The molecule has 0 aromatic carbocycles. The second-order valence-electron chi connectivity index (χ2n) is 2.18. The van der Waals surface area contributed by atoms with Gasteiger partial charge in [0.1, 0.15) is 18.3 Å². The topological polar surface area (TPSA) is 99.4 Å². The van der Waals surface area contributed by atoms with E-state index in [4.69, 9.17) is 20.6 Å². The van der Waals surface area contributed by atoms with E-state index in [1.165, 1.54) is 0 Å². The van der Waals surface area contributed by atoms with Crippen LogP contribution in [-0.2, 0) is 9.62 Å². The molecule has 65 valence electrons. The Morgan fingerprint density at radius 3 is 2.36 bits per heavy atom. The Morgan fingerprint density at radius 1 is 1.45 bits per heavy atom. The number of rotatable bonds is 2. The standard InChI is InChI=1S/C5H9O6/c6-1-2-3(7)4(8)5(10-2)11-9/h2-4,6-9H,1H2/t2-,3-,4-/m1/s1. The van der Waals surface area contributed by atoms with Crippen LogP contribution in [0.2, 0.25) is 0 Å². The zero-order valence-corrected chi connectivity index (χ0v) is 5.54. The molecule has 0 aromatic rings. The van der Waals surface area contributed by atoms with Gasteiger partial charge in [0.05, 0.1) is 6.61 Å². The van der Waals surface area contributed by atoms with Crippen LogP contribution in [0.15, 0.2) is 0 Å². The van der Waals surface area contributed by atoms with Gasteiger partial charge in [-0.15, -0.1) is 0 Å². The molecule has 1 heterocycles. The van der Waals surface area contributed by atoms with Gasteiger partial charge in [-0.25, -0.2) is 5.26 Å². The third kappa shape index (κ3) is 1.51. The van der Waals surface area contributed by atoms with E-state index in [0.29, 0.717) is 0 Å². The minimum Gasteiger partial charge on any atom is -0.394 e. The van der Waals surface area contributed by atoms with Gasteiger partial charge in [0.15, 0.2) is 0 Å². The van der Waals surface area contributed by atoms with Crippen molar-refractivity contribution in [3.63, 3.8) is 0 Å². The molecule has 0 aromatic heterocycles. The van der Waals surface area contributed by atoms with E-state index in [9.17, 15) is 0 Å². The number of hydrogen-bond acceptors (Lipinski definition) is 6. The molecule has 1 saturated heterocycles. The van der Waals surface area contributed by atoms with E-state index in [2.05, 4.69) is 9.62 Å². The van der Waals surface area contributed by atoms with Crippen LogP contribution in [0.4, 0.5) is 0 Å². The van der Waals surface area contributed by atoms with Gasteiger partial charge in [0.25, 0.3) is 6.29 Å². The first-order valence-electron chi connectivity index (χ1n) is 3.02. The molecule has 1 aliphatic heterocycles. The molecular formula is C5H9O6. The third-order valence-corrected chi connectivity index (χ3v) is 1.48. The Balaban J connectivity index is 2.53. The number of ether oxygens (including phenoxy) is 1. The first kappa shape index (κ1) is 8.85. The molecule has 0 amide bonds. The Kier molecular flexibility index (Phi) is 2.77. The third-order valence-electron chi connectivity index (χ3n) is 1.48. The second kappa shape index (κ2) is 3.44. The van der Waals surface area contributed by atoms with Crippen LogP contribution < -0.4 is 0 Å². The van der Waals surface area contributed by atoms with E-state index in [1.54, 1.807) is 0 Å². The molecule has 3 atom stereocenters. The van der Waals surface area contributed by atoms with Crippen molar-refractivity contribution in [2.75, 3.05) is 6.61 Å². The number of hydrogen-bond donors (Lipinski definition) is 4. The smallest absolute Gasteiger partial charge is 0.290 e. The summed E-state index contributed by atoms with van der Waals surface area (Å²) in [5.41, 5.74) is 0. The zero-order valence-electron chi connectivity index (χ0n) is 5.54. The molecule has 6 nitrogen and oxygen atoms in total. The van der Waals surface area contributed by atoms with Gasteiger partial charge in [-0.1, -0.05) is 0 Å². The first-order valence-corrected chi connectivity index (χ1v) is 3.02. The van der Waals surface area contributed by atoms with Crippen molar-refractivity contribution in [3.05, 3.63) is 6.29 Å². The van der Waals surface area contributed by atoms with Crippen molar-refractivity contribution >= 4 is 0 Å². The SMILES string of the molecule is OC[C@H]1O[C](OO)[C@H](O)[C@@H]1O. The van der Waals surface area contributed by atoms with Gasteiger partial charge in [-0.3, -0.25) is 0 Å². The predicted octanol–water partition coefficient (Wildman–Crippen LogP) is -1.92. The van der Waals surface area contributed by atoms with E-state index in [-0.39, 0.29) is 0 Å². The van der Waals surface area contributed by atoms with E-state index in [0.717, 1.165) is 0 Å². The fraction of sp³-hybridized carbons (Fsp3) is 0.800. The first-order chi connectivity index (χ1) is 5.20. The maximum absolute atomic E-state index is 9.01. The zero-order chi connectivity index (χ0) is 8.43. The van der Waals surface area contributed by atoms with Crippen molar-refractivity contribution in [2.24, 2.45) is 0 Å². The van der Waals surface area contributed by atoms with Crippen LogP contribution in [0, 0.1) is 6.29 Å². The molecule has 0 aliphatic carbocycles. The lowest BCUT2D eigenvalue weighted by molar-refractivity contribution is -0.295. The molecule has 1 rings (SSSR count). The normalized spacial score (nSPS) is 39.8. The van der Waals surface area contributed by atoms with Gasteiger partial charge < -0.3 is 20.1 Å². The lowest BCUT2D eigenvalue weighted by Gasteiger charge is -2.09. The minimum absolute atomic E-state index is 0.453. The summed E-state index contributed by atoms with van der Waals surface area (Å²) in [7, 11) is 0. The van der Waals surface area contributed by atoms with Gasteiger partial charge in [-0.2, -0.15) is 4.89 Å². The highest BCUT2D eigenvalue weighted by atomic mass is 17.1. The molecule has 0 saturated carbocycles. The minimum atomic E-state index is -1.41. The van der Waals surface area contributed by atoms with Crippen molar-refractivity contribution in [3.8, 4) is 0 Å². The Labute approximate surface area is 62.5 Å². The quantitative estimate of drug-likeness (QED) is 0.281. The largest absolute Gasteiger partial charge is 0.394 e. The predicted molar refractivity (Wildman–Crippen MR) is 30.9 cm³/mol. The molecule has 0 bridgehead atoms. The maximum atomic E-state index is 9.01. The van der Waals surface area contributed by atoms with Gasteiger partial charge in [-0.05, 0) is 0 Å². The molecule has 0 unspecified atom stereocenters. The highest BCUT2D eigenvalue weighted by Crippen LogP contribution is 2.26. The lowest BCUT2D eigenvalue weighted by Crippen LogP contribution is -2.32. The summed E-state index contributed by atoms with van der Waals surface area (Å²) < 4.78 is 4.58. The van der Waals surface area contributed by atoms with Crippen molar-refractivity contribution in [2.45, 2.75) is 18.3 Å². The molecule has 6 heteroatoms. The summed E-state index contributed by atoms with van der Waals surface area (Å²) in [5.74, 6) is 0.